The number of fused-ring (bicyclic) bond motifs is 8. The van der Waals surface area contributed by atoms with E-state index in [1.165, 1.54) is 44.5 Å². The molecule has 0 atom stereocenters. The fourth-order valence-corrected chi connectivity index (χ4v) is 9.69. The molecule has 4 N–H and O–H groups in total. The summed E-state index contributed by atoms with van der Waals surface area (Å²) in [5.74, 6) is 0. The van der Waals surface area contributed by atoms with Crippen LogP contribution in [0.4, 0.5) is 22.7 Å². The Labute approximate surface area is 366 Å². The smallest absolute Gasteiger partial charge is 0.0769 e. The number of allylic oxidation sites excluding steroid dienone is 4. The summed E-state index contributed by atoms with van der Waals surface area (Å²) in [6.45, 7) is 18.1. The predicted molar refractivity (Wildman–Crippen MR) is 265 cm³/mol. The summed E-state index contributed by atoms with van der Waals surface area (Å²) in [5, 5.41) is 7.15. The van der Waals surface area contributed by atoms with Crippen LogP contribution in [0.2, 0.25) is 0 Å². The molecule has 7 aromatic rings. The monoisotopic (exact) mass is 812 g/mol. The van der Waals surface area contributed by atoms with Gasteiger partial charge in [0.1, 0.15) is 0 Å². The van der Waals surface area contributed by atoms with Gasteiger partial charge in [-0.15, -0.1) is 0 Å². The van der Waals surface area contributed by atoms with E-state index in [0.29, 0.717) is 0 Å². The number of hydrogen-bond acceptors (Lipinski definition) is 4. The van der Waals surface area contributed by atoms with Crippen molar-refractivity contribution in [3.63, 3.8) is 0 Å². The highest BCUT2D eigenvalue weighted by Crippen LogP contribution is 2.44. The van der Waals surface area contributed by atoms with Gasteiger partial charge in [-0.3, -0.25) is 0 Å². The summed E-state index contributed by atoms with van der Waals surface area (Å²) in [6, 6.07) is 42.9. The number of nitrogens with one attached hydrogen (secondary N) is 4. The Bertz CT molecular complexity index is 2840. The number of rotatable bonds is 10. The van der Waals surface area contributed by atoms with Crippen LogP contribution in [-0.4, -0.2) is 19.9 Å². The number of H-pyrrole nitrogens is 2. The van der Waals surface area contributed by atoms with Crippen molar-refractivity contribution in [2.24, 2.45) is 0 Å². The lowest BCUT2D eigenvalue weighted by Crippen LogP contribution is -1.92. The molecule has 8 bridgehead atoms. The van der Waals surface area contributed by atoms with Gasteiger partial charge < -0.3 is 20.6 Å². The average Bonchev–Trinajstić information content (AvgIpc) is 3.98. The molecule has 5 heterocycles. The molecule has 2 aliphatic rings. The third-order valence-electron chi connectivity index (χ3n) is 12.9. The molecule has 0 amide bonds. The maximum atomic E-state index is 5.62. The number of benzene rings is 4. The van der Waals surface area contributed by atoms with E-state index < -0.39 is 0 Å². The number of para-hydroxylation sites is 2. The number of hydrogen-bond donors (Lipinski definition) is 4. The Morgan fingerprint density at radius 2 is 0.790 bits per heavy atom. The molecule has 0 aliphatic carbocycles. The topological polar surface area (TPSA) is 81.4 Å². The fourth-order valence-electron chi connectivity index (χ4n) is 9.69. The van der Waals surface area contributed by atoms with Gasteiger partial charge in [0.15, 0.2) is 0 Å². The molecule has 6 heteroatoms. The number of aryl methyl sites for hydroxylation is 4. The van der Waals surface area contributed by atoms with Gasteiger partial charge >= 0.3 is 0 Å². The molecule has 0 unspecified atom stereocenters. The number of aromatic nitrogens is 4. The molecule has 0 radical (unpaired) electrons. The van der Waals surface area contributed by atoms with Gasteiger partial charge in [0.25, 0.3) is 0 Å². The van der Waals surface area contributed by atoms with Gasteiger partial charge in [0, 0.05) is 44.9 Å². The summed E-state index contributed by atoms with van der Waals surface area (Å²) < 4.78 is 0. The van der Waals surface area contributed by atoms with Crippen molar-refractivity contribution in [2.75, 3.05) is 10.6 Å². The van der Waals surface area contributed by atoms with Crippen LogP contribution in [0.1, 0.15) is 99.4 Å². The predicted octanol–water partition coefficient (Wildman–Crippen LogP) is 15.6. The molecule has 310 valence electrons. The number of nitrogens with zero attached hydrogens (tertiary/aromatic N) is 2. The zero-order chi connectivity index (χ0) is 43.1. The highest BCUT2D eigenvalue weighted by atomic mass is 14.9. The molecule has 3 aromatic heterocycles. The van der Waals surface area contributed by atoms with Gasteiger partial charge in [-0.2, -0.15) is 0 Å². The Balaban J connectivity index is 1.36. The van der Waals surface area contributed by atoms with E-state index in [0.717, 1.165) is 116 Å². The Morgan fingerprint density at radius 3 is 1.13 bits per heavy atom. The van der Waals surface area contributed by atoms with Crippen LogP contribution < -0.4 is 10.6 Å². The lowest BCUT2D eigenvalue weighted by atomic mass is 9.95. The third-order valence-corrected chi connectivity index (χ3v) is 12.9. The van der Waals surface area contributed by atoms with Gasteiger partial charge in [-0.1, -0.05) is 88.4 Å². The molecular weight excluding hydrogens is 757 g/mol. The first-order chi connectivity index (χ1) is 30.2. The largest absolute Gasteiger partial charge is 0.356 e. The molecule has 0 saturated carbocycles. The summed E-state index contributed by atoms with van der Waals surface area (Å²) in [4.78, 5) is 19.2. The van der Waals surface area contributed by atoms with Gasteiger partial charge in [0.2, 0.25) is 0 Å². The SMILES string of the molecule is CCC1=C(C)c2nc1cc1[nH]c(c(C)c1CC)c(-c1ccc(Nc3ccccc3)cc1)c1nc(cc3[nH]c(c(C)c3CC)c2-c2ccc(Nc3ccccc3)cc2)C(CC)=C1C. The van der Waals surface area contributed by atoms with E-state index in [1.807, 2.05) is 12.1 Å². The molecule has 62 heavy (non-hydrogen) atoms. The molecule has 0 fully saturated rings. The van der Waals surface area contributed by atoms with Crippen molar-refractivity contribution in [3.8, 4) is 22.3 Å². The van der Waals surface area contributed by atoms with Crippen molar-refractivity contribution < 1.29 is 0 Å². The number of aromatic amines is 2. The summed E-state index contributed by atoms with van der Waals surface area (Å²) in [6.07, 6.45) is 3.50. The molecule has 0 saturated heterocycles. The van der Waals surface area contributed by atoms with E-state index in [1.54, 1.807) is 0 Å². The lowest BCUT2D eigenvalue weighted by molar-refractivity contribution is 1.14. The van der Waals surface area contributed by atoms with E-state index in [4.69, 9.17) is 9.97 Å². The summed E-state index contributed by atoms with van der Waals surface area (Å²) in [7, 11) is 0. The van der Waals surface area contributed by atoms with Gasteiger partial charge in [0.05, 0.1) is 33.8 Å². The summed E-state index contributed by atoms with van der Waals surface area (Å²) >= 11 is 0. The Kier molecular flexibility index (Phi) is 11.0. The van der Waals surface area contributed by atoms with Crippen LogP contribution in [0.3, 0.4) is 0 Å². The molecule has 9 rings (SSSR count). The van der Waals surface area contributed by atoms with E-state index in [2.05, 4.69) is 185 Å². The highest BCUT2D eigenvalue weighted by molar-refractivity contribution is 6.03. The van der Waals surface area contributed by atoms with Crippen molar-refractivity contribution in [1.82, 2.24) is 19.9 Å². The Hall–Kier alpha value is -6.92. The zero-order valence-corrected chi connectivity index (χ0v) is 37.3. The highest BCUT2D eigenvalue weighted by Gasteiger charge is 2.25. The second kappa shape index (κ2) is 16.9. The maximum Gasteiger partial charge on any atom is 0.0769 e. The number of anilines is 4. The van der Waals surface area contributed by atoms with E-state index >= 15 is 0 Å². The summed E-state index contributed by atoms with van der Waals surface area (Å²) in [5.41, 5.74) is 27.2. The van der Waals surface area contributed by atoms with Crippen LogP contribution in [0.5, 0.6) is 0 Å². The minimum absolute atomic E-state index is 0.870. The quantitative estimate of drug-likeness (QED) is 0.111. The molecule has 2 aliphatic heterocycles. The maximum absolute atomic E-state index is 5.62. The van der Waals surface area contributed by atoms with Gasteiger partial charge in [-0.05, 0) is 170 Å². The van der Waals surface area contributed by atoms with Crippen molar-refractivity contribution in [3.05, 3.63) is 166 Å². The van der Waals surface area contributed by atoms with Crippen LogP contribution in [-0.2, 0) is 12.8 Å². The molecule has 4 aromatic carbocycles. The third kappa shape index (κ3) is 7.23. The first-order valence-corrected chi connectivity index (χ1v) is 22.3. The van der Waals surface area contributed by atoms with Crippen molar-refractivity contribution >= 4 is 67.1 Å². The van der Waals surface area contributed by atoms with Crippen molar-refractivity contribution in [1.29, 1.82) is 0 Å². The van der Waals surface area contributed by atoms with Crippen LogP contribution in [0.15, 0.2) is 121 Å². The van der Waals surface area contributed by atoms with Crippen LogP contribution in [0, 0.1) is 13.8 Å². The van der Waals surface area contributed by atoms with E-state index in [-0.39, 0.29) is 0 Å². The van der Waals surface area contributed by atoms with Crippen LogP contribution in [0.25, 0.3) is 66.6 Å². The first kappa shape index (κ1) is 40.5. The molecular formula is C56H56N6. The Morgan fingerprint density at radius 1 is 0.435 bits per heavy atom. The minimum Gasteiger partial charge on any atom is -0.356 e. The zero-order valence-electron chi connectivity index (χ0n) is 37.3. The minimum atomic E-state index is 0.870. The molecule has 0 spiro atoms. The first-order valence-electron chi connectivity index (χ1n) is 22.3. The lowest BCUT2D eigenvalue weighted by Gasteiger charge is -2.11. The van der Waals surface area contributed by atoms with E-state index in [9.17, 15) is 0 Å². The fraction of sp³-hybridized carbons (Fsp3) is 0.214. The average molecular weight is 813 g/mol. The van der Waals surface area contributed by atoms with Gasteiger partial charge in [-0.25, -0.2) is 9.97 Å². The molecule has 6 nitrogen and oxygen atoms in total. The standard InChI is InChI=1S/C56H56N6/c1-9-43-33(5)53-51(37-23-27-41(28-24-37)57-39-19-15-13-16-20-39)54-35(7)45(11-3)49(61-54)32-50-46(12-4)36(8)56(62-50)52(55-34(6)44(10-2)48(60-55)31-47(43)59-53)38-25-29-42(30-26-38)58-40-21-17-14-18-22-40/h13-32,57-59,62H,9-12H2,1-8H3. The van der Waals surface area contributed by atoms with Crippen LogP contribution >= 0.6 is 0 Å². The second-order valence-electron chi connectivity index (χ2n) is 16.5. The second-order valence-corrected chi connectivity index (χ2v) is 16.5. The normalized spacial score (nSPS) is 12.6. The van der Waals surface area contributed by atoms with Crippen molar-refractivity contribution in [2.45, 2.75) is 81.1 Å².